The number of nitrogens with two attached hydrogens (primary N) is 1. The van der Waals surface area contributed by atoms with E-state index in [0.717, 1.165) is 30.4 Å². The highest BCUT2D eigenvalue weighted by molar-refractivity contribution is 6.20. The number of nitrogen functional groups attached to an aromatic ring is 1. The highest BCUT2D eigenvalue weighted by Crippen LogP contribution is 2.16. The molecule has 1 rings (SSSR count). The molecule has 1 aromatic heterocycles. The Kier molecular flexibility index (Phi) is 4.21. The molecule has 3 heteroatoms. The van der Waals surface area contributed by atoms with Crippen molar-refractivity contribution in [2.45, 2.75) is 38.5 Å². The highest BCUT2D eigenvalue weighted by Gasteiger charge is 2.05. The number of hydrogen-bond acceptors (Lipinski definition) is 2. The van der Waals surface area contributed by atoms with Crippen molar-refractivity contribution >= 4 is 17.4 Å². The van der Waals surface area contributed by atoms with Gasteiger partial charge < -0.3 is 5.73 Å². The average molecular weight is 213 g/mol. The molecule has 0 aromatic carbocycles. The van der Waals surface area contributed by atoms with E-state index in [0.29, 0.717) is 5.82 Å². The van der Waals surface area contributed by atoms with Gasteiger partial charge in [-0.05, 0) is 37.3 Å². The Bertz CT molecular complexity index is 299. The number of alkyl halides is 1. The maximum Gasteiger partial charge on any atom is 0.126 e. The first-order chi connectivity index (χ1) is 6.63. The third kappa shape index (κ3) is 3.18. The number of rotatable bonds is 4. The summed E-state index contributed by atoms with van der Waals surface area (Å²) in [5.41, 5.74) is 8.03. The molecule has 0 aliphatic heterocycles. The van der Waals surface area contributed by atoms with Gasteiger partial charge in [-0.2, -0.15) is 0 Å². The van der Waals surface area contributed by atoms with Crippen LogP contribution >= 0.6 is 11.6 Å². The van der Waals surface area contributed by atoms with E-state index in [1.165, 1.54) is 0 Å². The Morgan fingerprint density at radius 1 is 1.57 bits per heavy atom. The largest absolute Gasteiger partial charge is 0.383 e. The SMILES string of the molecule is CCC(Cl)CCc1cc(C)cnc1N. The van der Waals surface area contributed by atoms with Crippen LogP contribution in [-0.2, 0) is 6.42 Å². The summed E-state index contributed by atoms with van der Waals surface area (Å²) in [6, 6.07) is 2.08. The number of nitrogens with zero attached hydrogens (tertiary/aromatic N) is 1. The van der Waals surface area contributed by atoms with Gasteiger partial charge in [0.05, 0.1) is 0 Å². The van der Waals surface area contributed by atoms with Gasteiger partial charge in [0.1, 0.15) is 5.82 Å². The lowest BCUT2D eigenvalue weighted by Crippen LogP contribution is -2.03. The molecule has 0 aliphatic carbocycles. The fraction of sp³-hybridized carbons (Fsp3) is 0.545. The monoisotopic (exact) mass is 212 g/mol. The zero-order chi connectivity index (χ0) is 10.6. The molecule has 0 fully saturated rings. The van der Waals surface area contributed by atoms with Crippen LogP contribution in [0.1, 0.15) is 30.9 Å². The molecule has 0 amide bonds. The Morgan fingerprint density at radius 3 is 2.93 bits per heavy atom. The molecule has 1 atom stereocenters. The van der Waals surface area contributed by atoms with Gasteiger partial charge in [-0.3, -0.25) is 0 Å². The summed E-state index contributed by atoms with van der Waals surface area (Å²) in [6.07, 6.45) is 4.67. The quantitative estimate of drug-likeness (QED) is 0.780. The van der Waals surface area contributed by atoms with Crippen LogP contribution in [0.15, 0.2) is 12.3 Å². The van der Waals surface area contributed by atoms with Crippen LogP contribution < -0.4 is 5.73 Å². The van der Waals surface area contributed by atoms with Gasteiger partial charge in [-0.25, -0.2) is 4.98 Å². The normalized spacial score (nSPS) is 12.8. The zero-order valence-corrected chi connectivity index (χ0v) is 9.51. The van der Waals surface area contributed by atoms with Crippen molar-refractivity contribution in [1.82, 2.24) is 4.98 Å². The van der Waals surface area contributed by atoms with Gasteiger partial charge in [0.25, 0.3) is 0 Å². The van der Waals surface area contributed by atoms with Gasteiger partial charge in [-0.15, -0.1) is 11.6 Å². The van der Waals surface area contributed by atoms with Crippen LogP contribution in [0, 0.1) is 6.92 Å². The molecule has 0 saturated carbocycles. The van der Waals surface area contributed by atoms with Gasteiger partial charge in [0, 0.05) is 11.6 Å². The maximum absolute atomic E-state index is 6.05. The van der Waals surface area contributed by atoms with E-state index in [1.807, 2.05) is 6.92 Å². The molecule has 0 radical (unpaired) electrons. The Balaban J connectivity index is 2.62. The molecule has 0 saturated heterocycles. The van der Waals surface area contributed by atoms with E-state index in [4.69, 9.17) is 17.3 Å². The van der Waals surface area contributed by atoms with Crippen LogP contribution in [0.25, 0.3) is 0 Å². The van der Waals surface area contributed by atoms with Crippen molar-refractivity contribution in [3.8, 4) is 0 Å². The fourth-order valence-electron chi connectivity index (χ4n) is 1.36. The Labute approximate surface area is 90.5 Å². The second kappa shape index (κ2) is 5.20. The summed E-state index contributed by atoms with van der Waals surface area (Å²) in [7, 11) is 0. The first-order valence-corrected chi connectivity index (χ1v) is 5.42. The van der Waals surface area contributed by atoms with E-state index >= 15 is 0 Å². The molecule has 2 N–H and O–H groups in total. The summed E-state index contributed by atoms with van der Waals surface area (Å²) in [4.78, 5) is 4.12. The predicted molar refractivity (Wildman–Crippen MR) is 61.6 cm³/mol. The average Bonchev–Trinajstić information content (AvgIpc) is 2.19. The lowest BCUT2D eigenvalue weighted by molar-refractivity contribution is 0.726. The minimum absolute atomic E-state index is 0.245. The van der Waals surface area contributed by atoms with Gasteiger partial charge in [0.15, 0.2) is 0 Å². The van der Waals surface area contributed by atoms with Crippen LogP contribution in [0.5, 0.6) is 0 Å². The van der Waals surface area contributed by atoms with E-state index < -0.39 is 0 Å². The van der Waals surface area contributed by atoms with E-state index in [9.17, 15) is 0 Å². The third-order valence-corrected chi connectivity index (χ3v) is 2.83. The molecular formula is C11H17ClN2. The molecule has 1 aromatic rings. The minimum atomic E-state index is 0.245. The first-order valence-electron chi connectivity index (χ1n) is 4.98. The van der Waals surface area contributed by atoms with E-state index in [2.05, 4.69) is 18.0 Å². The second-order valence-electron chi connectivity index (χ2n) is 3.60. The second-order valence-corrected chi connectivity index (χ2v) is 4.22. The third-order valence-electron chi connectivity index (χ3n) is 2.31. The number of pyridine rings is 1. The molecule has 2 nitrogen and oxygen atoms in total. The number of anilines is 1. The molecule has 1 heterocycles. The van der Waals surface area contributed by atoms with Gasteiger partial charge in [0.2, 0.25) is 0 Å². The first kappa shape index (κ1) is 11.3. The molecule has 1 unspecified atom stereocenters. The maximum atomic E-state index is 6.05. The topological polar surface area (TPSA) is 38.9 Å². The number of halogens is 1. The number of aromatic nitrogens is 1. The van der Waals surface area contributed by atoms with Crippen molar-refractivity contribution in [2.24, 2.45) is 0 Å². The molecule has 0 bridgehead atoms. The Hall–Kier alpha value is -0.760. The summed E-state index contributed by atoms with van der Waals surface area (Å²) in [5, 5.41) is 0.245. The predicted octanol–water partition coefficient (Wildman–Crippen LogP) is 2.92. The van der Waals surface area contributed by atoms with Crippen molar-refractivity contribution in [3.05, 3.63) is 23.4 Å². The number of hydrogen-bond donors (Lipinski definition) is 1. The van der Waals surface area contributed by atoms with Crippen molar-refractivity contribution in [1.29, 1.82) is 0 Å². The van der Waals surface area contributed by atoms with Crippen LogP contribution in [0.2, 0.25) is 0 Å². The Morgan fingerprint density at radius 2 is 2.29 bits per heavy atom. The molecule has 0 aliphatic rings. The lowest BCUT2D eigenvalue weighted by Gasteiger charge is -2.08. The summed E-state index contributed by atoms with van der Waals surface area (Å²) < 4.78 is 0. The molecular weight excluding hydrogens is 196 g/mol. The van der Waals surface area contributed by atoms with Gasteiger partial charge in [-0.1, -0.05) is 13.0 Å². The fourth-order valence-corrected chi connectivity index (χ4v) is 1.47. The lowest BCUT2D eigenvalue weighted by atomic mass is 10.1. The van der Waals surface area contributed by atoms with Crippen LogP contribution in [-0.4, -0.2) is 10.4 Å². The van der Waals surface area contributed by atoms with Crippen molar-refractivity contribution in [3.63, 3.8) is 0 Å². The summed E-state index contributed by atoms with van der Waals surface area (Å²) in [6.45, 7) is 4.11. The van der Waals surface area contributed by atoms with Crippen LogP contribution in [0.3, 0.4) is 0 Å². The summed E-state index contributed by atoms with van der Waals surface area (Å²) in [5.74, 6) is 0.635. The molecule has 78 valence electrons. The van der Waals surface area contributed by atoms with Crippen LogP contribution in [0.4, 0.5) is 5.82 Å². The molecule has 14 heavy (non-hydrogen) atoms. The van der Waals surface area contributed by atoms with E-state index in [1.54, 1.807) is 6.20 Å². The minimum Gasteiger partial charge on any atom is -0.383 e. The van der Waals surface area contributed by atoms with Crippen molar-refractivity contribution in [2.75, 3.05) is 5.73 Å². The summed E-state index contributed by atoms with van der Waals surface area (Å²) >= 11 is 6.05. The van der Waals surface area contributed by atoms with Crippen molar-refractivity contribution < 1.29 is 0 Å². The number of aryl methyl sites for hydroxylation is 2. The molecule has 0 spiro atoms. The standard InChI is InChI=1S/C11H17ClN2/c1-3-10(12)5-4-9-6-8(2)7-14-11(9)13/h6-7,10H,3-5H2,1-2H3,(H2,13,14). The van der Waals surface area contributed by atoms with E-state index in [-0.39, 0.29) is 5.38 Å². The zero-order valence-electron chi connectivity index (χ0n) is 8.76. The van der Waals surface area contributed by atoms with Gasteiger partial charge >= 0.3 is 0 Å². The smallest absolute Gasteiger partial charge is 0.126 e. The highest BCUT2D eigenvalue weighted by atomic mass is 35.5.